The number of fused-ring (bicyclic) bond motifs is 4. The topological polar surface area (TPSA) is 49.3 Å². The Morgan fingerprint density at radius 3 is 3.00 bits per heavy atom. The Hall–Kier alpha value is -0.570. The van der Waals surface area contributed by atoms with Crippen LogP contribution in [0.3, 0.4) is 0 Å². The van der Waals surface area contributed by atoms with Gasteiger partial charge in [-0.15, -0.1) is 0 Å². The molecule has 13 heavy (non-hydrogen) atoms. The zero-order valence-electron chi connectivity index (χ0n) is 7.57. The number of amides is 1. The van der Waals surface area contributed by atoms with E-state index in [4.69, 9.17) is 0 Å². The number of aliphatic hydroxyl groups is 1. The van der Waals surface area contributed by atoms with Crippen molar-refractivity contribution < 1.29 is 9.90 Å². The van der Waals surface area contributed by atoms with Gasteiger partial charge in [-0.1, -0.05) is 6.42 Å². The molecule has 0 aromatic carbocycles. The minimum Gasteiger partial charge on any atom is -0.373 e. The van der Waals surface area contributed by atoms with Crippen molar-refractivity contribution in [3.05, 3.63) is 0 Å². The van der Waals surface area contributed by atoms with E-state index in [0.29, 0.717) is 5.92 Å². The van der Waals surface area contributed by atoms with Crippen molar-refractivity contribution in [3.8, 4) is 0 Å². The van der Waals surface area contributed by atoms with Crippen LogP contribution in [0.2, 0.25) is 0 Å². The molecular formula is C10H15NO2. The van der Waals surface area contributed by atoms with Gasteiger partial charge in [-0.2, -0.15) is 0 Å². The molecule has 0 radical (unpaired) electrons. The number of hydrogen-bond donors (Lipinski definition) is 2. The molecule has 3 fully saturated rings. The summed E-state index contributed by atoms with van der Waals surface area (Å²) in [6, 6.07) is 0. The van der Waals surface area contributed by atoms with Crippen LogP contribution in [0.5, 0.6) is 0 Å². The molecular weight excluding hydrogens is 166 g/mol. The van der Waals surface area contributed by atoms with E-state index in [1.165, 1.54) is 19.3 Å². The van der Waals surface area contributed by atoms with Crippen molar-refractivity contribution in [1.29, 1.82) is 0 Å². The van der Waals surface area contributed by atoms with Crippen LogP contribution in [0.25, 0.3) is 0 Å². The van der Waals surface area contributed by atoms with Gasteiger partial charge in [0.15, 0.2) is 0 Å². The third-order valence-electron chi connectivity index (χ3n) is 4.17. The zero-order chi connectivity index (χ0) is 9.00. The minimum absolute atomic E-state index is 0.0918. The van der Waals surface area contributed by atoms with Crippen molar-refractivity contribution in [1.82, 2.24) is 5.32 Å². The smallest absolute Gasteiger partial charge is 0.225 e. The molecule has 2 bridgehead atoms. The highest BCUT2D eigenvalue weighted by Gasteiger charge is 2.51. The van der Waals surface area contributed by atoms with Gasteiger partial charge < -0.3 is 10.4 Å². The van der Waals surface area contributed by atoms with Gasteiger partial charge in [-0.3, -0.25) is 4.79 Å². The molecule has 1 amide bonds. The lowest BCUT2D eigenvalue weighted by Gasteiger charge is -2.30. The maximum Gasteiger partial charge on any atom is 0.225 e. The molecule has 2 N–H and O–H groups in total. The Morgan fingerprint density at radius 1 is 1.31 bits per heavy atom. The van der Waals surface area contributed by atoms with Crippen LogP contribution in [0.15, 0.2) is 0 Å². The highest BCUT2D eigenvalue weighted by molar-refractivity contribution is 5.81. The van der Waals surface area contributed by atoms with E-state index in [9.17, 15) is 9.90 Å². The van der Waals surface area contributed by atoms with Gasteiger partial charge in [0.2, 0.25) is 5.91 Å². The number of rotatable bonds is 0. The van der Waals surface area contributed by atoms with E-state index >= 15 is 0 Å². The SMILES string of the molecule is O=C1NC(O)C2C3CCC(C3)CC12. The van der Waals surface area contributed by atoms with Crippen molar-refractivity contribution in [3.63, 3.8) is 0 Å². The van der Waals surface area contributed by atoms with E-state index < -0.39 is 6.23 Å². The Labute approximate surface area is 77.5 Å². The fraction of sp³-hybridized carbons (Fsp3) is 0.900. The fourth-order valence-electron chi connectivity index (χ4n) is 3.63. The van der Waals surface area contributed by atoms with Crippen LogP contribution in [0.1, 0.15) is 25.7 Å². The maximum atomic E-state index is 11.5. The van der Waals surface area contributed by atoms with Gasteiger partial charge in [-0.05, 0) is 31.1 Å². The van der Waals surface area contributed by atoms with E-state index in [-0.39, 0.29) is 17.7 Å². The maximum absolute atomic E-state index is 11.5. The van der Waals surface area contributed by atoms with E-state index in [1.807, 2.05) is 0 Å². The molecule has 72 valence electrons. The van der Waals surface area contributed by atoms with Crippen molar-refractivity contribution in [2.75, 3.05) is 0 Å². The van der Waals surface area contributed by atoms with Gasteiger partial charge in [0.25, 0.3) is 0 Å². The van der Waals surface area contributed by atoms with Crippen molar-refractivity contribution >= 4 is 5.91 Å². The molecule has 1 aliphatic heterocycles. The van der Waals surface area contributed by atoms with E-state index in [0.717, 1.165) is 12.3 Å². The number of nitrogens with one attached hydrogen (secondary N) is 1. The minimum atomic E-state index is -0.554. The number of hydrogen-bond acceptors (Lipinski definition) is 2. The fourth-order valence-corrected chi connectivity index (χ4v) is 3.63. The highest BCUT2D eigenvalue weighted by atomic mass is 16.3. The van der Waals surface area contributed by atoms with Crippen LogP contribution >= 0.6 is 0 Å². The van der Waals surface area contributed by atoms with E-state index in [2.05, 4.69) is 5.32 Å². The summed E-state index contributed by atoms with van der Waals surface area (Å²) in [7, 11) is 0. The molecule has 5 unspecified atom stereocenters. The first kappa shape index (κ1) is 7.80. The molecule has 2 aliphatic carbocycles. The Kier molecular flexibility index (Phi) is 1.48. The second kappa shape index (κ2) is 2.47. The predicted molar refractivity (Wildman–Crippen MR) is 46.6 cm³/mol. The largest absolute Gasteiger partial charge is 0.373 e. The normalized spacial score (nSPS) is 53.3. The Morgan fingerprint density at radius 2 is 2.15 bits per heavy atom. The molecule has 3 heteroatoms. The second-order valence-corrected chi connectivity index (χ2v) is 4.81. The summed E-state index contributed by atoms with van der Waals surface area (Å²) in [6.45, 7) is 0. The first-order valence-corrected chi connectivity index (χ1v) is 5.24. The number of carbonyl (C=O) groups excluding carboxylic acids is 1. The van der Waals surface area contributed by atoms with E-state index in [1.54, 1.807) is 0 Å². The number of aliphatic hydroxyl groups excluding tert-OH is 1. The van der Waals surface area contributed by atoms with Crippen molar-refractivity contribution in [2.45, 2.75) is 31.9 Å². The monoisotopic (exact) mass is 181 g/mol. The summed E-state index contributed by atoms with van der Waals surface area (Å²) < 4.78 is 0. The Balaban J connectivity index is 1.92. The van der Waals surface area contributed by atoms with Gasteiger partial charge in [0.1, 0.15) is 6.23 Å². The molecule has 1 heterocycles. The molecule has 3 nitrogen and oxygen atoms in total. The summed E-state index contributed by atoms with van der Waals surface area (Å²) in [5.41, 5.74) is 0. The first-order chi connectivity index (χ1) is 6.25. The van der Waals surface area contributed by atoms with Crippen LogP contribution in [-0.4, -0.2) is 17.2 Å². The third kappa shape index (κ3) is 0.966. The molecule has 5 atom stereocenters. The second-order valence-electron chi connectivity index (χ2n) is 4.81. The van der Waals surface area contributed by atoms with Gasteiger partial charge >= 0.3 is 0 Å². The lowest BCUT2D eigenvalue weighted by molar-refractivity contribution is -0.124. The van der Waals surface area contributed by atoms with Gasteiger partial charge in [-0.25, -0.2) is 0 Å². The summed E-state index contributed by atoms with van der Waals surface area (Å²) in [5, 5.41) is 12.3. The summed E-state index contributed by atoms with van der Waals surface area (Å²) in [4.78, 5) is 11.5. The zero-order valence-corrected chi connectivity index (χ0v) is 7.57. The summed E-state index contributed by atoms with van der Waals surface area (Å²) >= 11 is 0. The van der Waals surface area contributed by atoms with Crippen LogP contribution in [0, 0.1) is 23.7 Å². The molecule has 0 aromatic rings. The molecule has 0 spiro atoms. The van der Waals surface area contributed by atoms with Crippen LogP contribution < -0.4 is 5.32 Å². The summed E-state index contributed by atoms with van der Waals surface area (Å²) in [5.74, 6) is 1.82. The molecule has 2 saturated carbocycles. The first-order valence-electron chi connectivity index (χ1n) is 5.24. The molecule has 3 rings (SSSR count). The lowest BCUT2D eigenvalue weighted by atomic mass is 9.73. The number of carbonyl (C=O) groups is 1. The van der Waals surface area contributed by atoms with Gasteiger partial charge in [0.05, 0.1) is 0 Å². The summed E-state index contributed by atoms with van der Waals surface area (Å²) in [6.07, 6.45) is 4.20. The average Bonchev–Trinajstić information content (AvgIpc) is 2.58. The van der Waals surface area contributed by atoms with Gasteiger partial charge in [0, 0.05) is 11.8 Å². The average molecular weight is 181 g/mol. The van der Waals surface area contributed by atoms with Crippen LogP contribution in [-0.2, 0) is 4.79 Å². The highest BCUT2D eigenvalue weighted by Crippen LogP contribution is 2.50. The quantitative estimate of drug-likeness (QED) is 0.571. The predicted octanol–water partition coefficient (Wildman–Crippen LogP) is 0.487. The lowest BCUT2D eigenvalue weighted by Crippen LogP contribution is -2.33. The Bertz CT molecular complexity index is 253. The molecule has 0 aromatic heterocycles. The third-order valence-corrected chi connectivity index (χ3v) is 4.17. The van der Waals surface area contributed by atoms with Crippen molar-refractivity contribution in [2.24, 2.45) is 23.7 Å². The standard InChI is InChI=1S/C10H15NO2/c12-9-7-4-5-1-2-6(3-5)8(7)10(13)11-9/h5-8,10,13H,1-4H2,(H,11,12). The molecule has 3 aliphatic rings. The van der Waals surface area contributed by atoms with Crippen LogP contribution in [0.4, 0.5) is 0 Å². The molecule has 1 saturated heterocycles.